The Bertz CT molecular complexity index is 641. The summed E-state index contributed by atoms with van der Waals surface area (Å²) in [6.07, 6.45) is 5.83. The highest BCUT2D eigenvalue weighted by Gasteiger charge is 2.25. The van der Waals surface area contributed by atoms with Gasteiger partial charge in [0.25, 0.3) is 0 Å². The van der Waals surface area contributed by atoms with Crippen molar-refractivity contribution >= 4 is 16.9 Å². The summed E-state index contributed by atoms with van der Waals surface area (Å²) in [7, 11) is 4.12. The lowest BCUT2D eigenvalue weighted by Crippen LogP contribution is -2.15. The number of rotatable bonds is 6. The van der Waals surface area contributed by atoms with Crippen LogP contribution in [0, 0.1) is 5.92 Å². The van der Waals surface area contributed by atoms with Crippen molar-refractivity contribution < 1.29 is 9.53 Å². The van der Waals surface area contributed by atoms with E-state index in [2.05, 4.69) is 24.0 Å². The van der Waals surface area contributed by atoms with Crippen LogP contribution in [0.1, 0.15) is 24.8 Å². The predicted molar refractivity (Wildman–Crippen MR) is 83.5 cm³/mol. The molecule has 1 heterocycles. The number of carbonyl (C=O) groups excluding carboxylic acids is 1. The number of aromatic amines is 1. The smallest absolute Gasteiger partial charge is 0.311 e. The van der Waals surface area contributed by atoms with Crippen molar-refractivity contribution in [2.45, 2.75) is 25.7 Å². The molecule has 2 aromatic rings. The number of hydrogen-bond acceptors (Lipinski definition) is 3. The molecule has 1 fully saturated rings. The standard InChI is InChI=1S/C17H22N2O2/c1-19(2)9-8-13-11-18-14-4-3-5-15(17(13)14)21-16(20)10-12-6-7-12/h3-5,11-12,18H,6-10H2,1-2H3. The first-order chi connectivity index (χ1) is 10.1. The average molecular weight is 286 g/mol. The molecule has 1 aliphatic carbocycles. The van der Waals surface area contributed by atoms with Crippen molar-refractivity contribution in [2.24, 2.45) is 5.92 Å². The summed E-state index contributed by atoms with van der Waals surface area (Å²) in [5, 5.41) is 1.04. The lowest BCUT2D eigenvalue weighted by molar-refractivity contribution is -0.134. The zero-order chi connectivity index (χ0) is 14.8. The number of carbonyl (C=O) groups is 1. The van der Waals surface area contributed by atoms with E-state index < -0.39 is 0 Å². The molecule has 0 aliphatic heterocycles. The Morgan fingerprint density at radius 2 is 2.19 bits per heavy atom. The fourth-order valence-electron chi connectivity index (χ4n) is 2.57. The van der Waals surface area contributed by atoms with E-state index >= 15 is 0 Å². The summed E-state index contributed by atoms with van der Waals surface area (Å²) in [6, 6.07) is 5.83. The number of benzene rings is 1. The second kappa shape index (κ2) is 5.90. The summed E-state index contributed by atoms with van der Waals surface area (Å²) in [5.41, 5.74) is 2.23. The first-order valence-electron chi connectivity index (χ1n) is 7.58. The van der Waals surface area contributed by atoms with Gasteiger partial charge in [0.15, 0.2) is 0 Å². The lowest BCUT2D eigenvalue weighted by atomic mass is 10.1. The van der Waals surface area contributed by atoms with Gasteiger partial charge < -0.3 is 14.6 Å². The molecule has 1 aromatic heterocycles. The van der Waals surface area contributed by atoms with E-state index in [9.17, 15) is 4.79 Å². The first-order valence-corrected chi connectivity index (χ1v) is 7.58. The van der Waals surface area contributed by atoms with E-state index in [0.29, 0.717) is 18.1 Å². The highest BCUT2D eigenvalue weighted by atomic mass is 16.5. The summed E-state index contributed by atoms with van der Waals surface area (Å²) in [6.45, 7) is 0.970. The van der Waals surface area contributed by atoms with Crippen LogP contribution in [0.3, 0.4) is 0 Å². The predicted octanol–water partition coefficient (Wildman–Crippen LogP) is 2.98. The number of nitrogens with zero attached hydrogens (tertiary/aromatic N) is 1. The average Bonchev–Trinajstić information content (AvgIpc) is 3.14. The van der Waals surface area contributed by atoms with Crippen molar-refractivity contribution in [3.8, 4) is 5.75 Å². The Morgan fingerprint density at radius 1 is 1.38 bits per heavy atom. The number of esters is 1. The maximum Gasteiger partial charge on any atom is 0.311 e. The first kappa shape index (κ1) is 14.1. The van der Waals surface area contributed by atoms with Crippen LogP contribution in [0.2, 0.25) is 0 Å². The van der Waals surface area contributed by atoms with Gasteiger partial charge in [-0.3, -0.25) is 4.79 Å². The van der Waals surface area contributed by atoms with Crippen LogP contribution < -0.4 is 4.74 Å². The van der Waals surface area contributed by atoms with Gasteiger partial charge in [0.05, 0.1) is 0 Å². The van der Waals surface area contributed by atoms with E-state index in [1.54, 1.807) is 0 Å². The number of fused-ring (bicyclic) bond motifs is 1. The Hall–Kier alpha value is -1.81. The Kier molecular flexibility index (Phi) is 3.97. The van der Waals surface area contributed by atoms with Gasteiger partial charge >= 0.3 is 5.97 Å². The van der Waals surface area contributed by atoms with Crippen molar-refractivity contribution in [2.75, 3.05) is 20.6 Å². The molecule has 1 aromatic carbocycles. The maximum absolute atomic E-state index is 12.0. The molecule has 0 atom stereocenters. The monoisotopic (exact) mass is 286 g/mol. The number of likely N-dealkylation sites (N-methyl/N-ethyl adjacent to an activating group) is 1. The molecule has 1 saturated carbocycles. The minimum Gasteiger partial charge on any atom is -0.426 e. The number of ether oxygens (including phenoxy) is 1. The molecule has 112 valence electrons. The van der Waals surface area contributed by atoms with Crippen LogP contribution in [0.5, 0.6) is 5.75 Å². The third-order valence-electron chi connectivity index (χ3n) is 3.95. The number of nitrogens with one attached hydrogen (secondary N) is 1. The van der Waals surface area contributed by atoms with Crippen molar-refractivity contribution in [3.63, 3.8) is 0 Å². The zero-order valence-electron chi connectivity index (χ0n) is 12.7. The van der Waals surface area contributed by atoms with Gasteiger partial charge in [-0.2, -0.15) is 0 Å². The highest BCUT2D eigenvalue weighted by Crippen LogP contribution is 2.34. The fourth-order valence-corrected chi connectivity index (χ4v) is 2.57. The van der Waals surface area contributed by atoms with Crippen LogP contribution in [0.25, 0.3) is 10.9 Å². The van der Waals surface area contributed by atoms with Gasteiger partial charge in [-0.05, 0) is 57.0 Å². The molecule has 0 radical (unpaired) electrons. The molecule has 0 amide bonds. The minimum absolute atomic E-state index is 0.107. The highest BCUT2D eigenvalue weighted by molar-refractivity contribution is 5.91. The molecule has 4 nitrogen and oxygen atoms in total. The van der Waals surface area contributed by atoms with Gasteiger partial charge in [0, 0.05) is 30.1 Å². The molecular weight excluding hydrogens is 264 g/mol. The van der Waals surface area contributed by atoms with Gasteiger partial charge in [-0.1, -0.05) is 6.07 Å². The Balaban J connectivity index is 1.82. The number of hydrogen-bond donors (Lipinski definition) is 1. The van der Waals surface area contributed by atoms with Crippen LogP contribution in [-0.4, -0.2) is 36.5 Å². The van der Waals surface area contributed by atoms with Crippen LogP contribution in [-0.2, 0) is 11.2 Å². The van der Waals surface area contributed by atoms with Gasteiger partial charge in [-0.25, -0.2) is 0 Å². The van der Waals surface area contributed by atoms with E-state index in [0.717, 1.165) is 36.7 Å². The zero-order valence-corrected chi connectivity index (χ0v) is 12.7. The summed E-state index contributed by atoms with van der Waals surface area (Å²) >= 11 is 0. The van der Waals surface area contributed by atoms with E-state index in [-0.39, 0.29) is 5.97 Å². The topological polar surface area (TPSA) is 45.3 Å². The Labute approximate surface area is 125 Å². The van der Waals surface area contributed by atoms with Crippen molar-refractivity contribution in [1.82, 2.24) is 9.88 Å². The molecule has 1 N–H and O–H groups in total. The quantitative estimate of drug-likeness (QED) is 0.656. The van der Waals surface area contributed by atoms with Gasteiger partial charge in [-0.15, -0.1) is 0 Å². The van der Waals surface area contributed by atoms with E-state index in [4.69, 9.17) is 4.74 Å². The van der Waals surface area contributed by atoms with Crippen LogP contribution in [0.4, 0.5) is 0 Å². The maximum atomic E-state index is 12.0. The van der Waals surface area contributed by atoms with E-state index in [1.807, 2.05) is 24.4 Å². The van der Waals surface area contributed by atoms with E-state index in [1.165, 1.54) is 5.56 Å². The SMILES string of the molecule is CN(C)CCc1c[nH]c2cccc(OC(=O)CC3CC3)c12. The number of aromatic nitrogens is 1. The summed E-state index contributed by atoms with van der Waals surface area (Å²) in [5.74, 6) is 1.13. The fraction of sp³-hybridized carbons (Fsp3) is 0.471. The molecule has 0 spiro atoms. The van der Waals surface area contributed by atoms with Crippen molar-refractivity contribution in [3.05, 3.63) is 30.0 Å². The lowest BCUT2D eigenvalue weighted by Gasteiger charge is -2.10. The second-order valence-electron chi connectivity index (χ2n) is 6.17. The summed E-state index contributed by atoms with van der Waals surface area (Å²) in [4.78, 5) is 17.4. The third-order valence-corrected chi connectivity index (χ3v) is 3.95. The van der Waals surface area contributed by atoms with Crippen LogP contribution in [0.15, 0.2) is 24.4 Å². The normalized spacial score (nSPS) is 14.8. The second-order valence-corrected chi connectivity index (χ2v) is 6.17. The largest absolute Gasteiger partial charge is 0.426 e. The minimum atomic E-state index is -0.107. The van der Waals surface area contributed by atoms with Gasteiger partial charge in [0.1, 0.15) is 5.75 Å². The number of H-pyrrole nitrogens is 1. The van der Waals surface area contributed by atoms with Crippen LogP contribution >= 0.6 is 0 Å². The molecule has 3 rings (SSSR count). The molecular formula is C17H22N2O2. The van der Waals surface area contributed by atoms with Crippen molar-refractivity contribution in [1.29, 1.82) is 0 Å². The molecule has 4 heteroatoms. The van der Waals surface area contributed by atoms with Gasteiger partial charge in [0.2, 0.25) is 0 Å². The third kappa shape index (κ3) is 3.45. The molecule has 1 aliphatic rings. The molecule has 0 bridgehead atoms. The Morgan fingerprint density at radius 3 is 2.90 bits per heavy atom. The molecule has 0 unspecified atom stereocenters. The molecule has 21 heavy (non-hydrogen) atoms. The summed E-state index contributed by atoms with van der Waals surface area (Å²) < 4.78 is 5.61. The molecule has 0 saturated heterocycles.